The van der Waals surface area contributed by atoms with Crippen molar-refractivity contribution in [2.75, 3.05) is 12.8 Å². The maximum atomic E-state index is 11.8. The average molecular weight is 343 g/mol. The Bertz CT molecular complexity index is 973. The fourth-order valence-electron chi connectivity index (χ4n) is 2.84. The summed E-state index contributed by atoms with van der Waals surface area (Å²) in [7, 11) is -3.24. The van der Waals surface area contributed by atoms with Gasteiger partial charge in [0, 0.05) is 18.4 Å². The molecule has 0 radical (unpaired) electrons. The highest BCUT2D eigenvalue weighted by Crippen LogP contribution is 2.25. The SMILES string of the molecule is CCc1nc2cc(S(C)(=O)=O)ccc2n1-c1ccc(CCN)cc1. The van der Waals surface area contributed by atoms with Crippen molar-refractivity contribution in [3.05, 3.63) is 53.9 Å². The first-order valence-corrected chi connectivity index (χ1v) is 9.84. The van der Waals surface area contributed by atoms with E-state index in [0.29, 0.717) is 17.0 Å². The molecule has 0 aliphatic rings. The lowest BCUT2D eigenvalue weighted by Crippen LogP contribution is -2.04. The average Bonchev–Trinajstić information content (AvgIpc) is 2.93. The van der Waals surface area contributed by atoms with Crippen molar-refractivity contribution in [2.24, 2.45) is 5.73 Å². The lowest BCUT2D eigenvalue weighted by Gasteiger charge is -2.09. The highest BCUT2D eigenvalue weighted by molar-refractivity contribution is 7.90. The van der Waals surface area contributed by atoms with E-state index in [9.17, 15) is 8.42 Å². The lowest BCUT2D eigenvalue weighted by atomic mass is 10.1. The minimum absolute atomic E-state index is 0.292. The van der Waals surface area contributed by atoms with E-state index in [2.05, 4.69) is 33.8 Å². The van der Waals surface area contributed by atoms with Crippen LogP contribution in [0.1, 0.15) is 18.3 Å². The van der Waals surface area contributed by atoms with Crippen molar-refractivity contribution in [1.82, 2.24) is 9.55 Å². The van der Waals surface area contributed by atoms with Crippen LogP contribution in [0.15, 0.2) is 47.4 Å². The van der Waals surface area contributed by atoms with Crippen LogP contribution in [0.2, 0.25) is 0 Å². The summed E-state index contributed by atoms with van der Waals surface area (Å²) in [6.07, 6.45) is 2.82. The van der Waals surface area contributed by atoms with E-state index >= 15 is 0 Å². The summed E-state index contributed by atoms with van der Waals surface area (Å²) in [6.45, 7) is 2.67. The van der Waals surface area contributed by atoms with Crippen molar-refractivity contribution in [2.45, 2.75) is 24.7 Å². The van der Waals surface area contributed by atoms with Crippen LogP contribution in [0.5, 0.6) is 0 Å². The fraction of sp³-hybridized carbons (Fsp3) is 0.278. The number of aryl methyl sites for hydroxylation is 1. The van der Waals surface area contributed by atoms with Gasteiger partial charge in [0.15, 0.2) is 9.84 Å². The van der Waals surface area contributed by atoms with Gasteiger partial charge in [0.05, 0.1) is 15.9 Å². The van der Waals surface area contributed by atoms with Gasteiger partial charge in [-0.25, -0.2) is 13.4 Å². The molecule has 0 amide bonds. The molecular formula is C18H21N3O2S. The maximum Gasteiger partial charge on any atom is 0.175 e. The molecular weight excluding hydrogens is 322 g/mol. The van der Waals surface area contributed by atoms with E-state index in [4.69, 9.17) is 5.73 Å². The summed E-state index contributed by atoms with van der Waals surface area (Å²) in [5, 5.41) is 0. The third kappa shape index (κ3) is 3.07. The first kappa shape index (κ1) is 16.7. The Morgan fingerprint density at radius 2 is 1.83 bits per heavy atom. The minimum Gasteiger partial charge on any atom is -0.330 e. The van der Waals surface area contributed by atoms with Crippen LogP contribution in [0.25, 0.3) is 16.7 Å². The second-order valence-electron chi connectivity index (χ2n) is 5.84. The van der Waals surface area contributed by atoms with E-state index < -0.39 is 9.84 Å². The molecule has 2 N–H and O–H groups in total. The van der Waals surface area contributed by atoms with Gasteiger partial charge in [-0.15, -0.1) is 0 Å². The molecule has 0 unspecified atom stereocenters. The van der Waals surface area contributed by atoms with Crippen LogP contribution < -0.4 is 5.73 Å². The first-order chi connectivity index (χ1) is 11.4. The third-order valence-electron chi connectivity index (χ3n) is 4.07. The maximum absolute atomic E-state index is 11.8. The second kappa shape index (κ2) is 6.37. The molecule has 24 heavy (non-hydrogen) atoms. The molecule has 0 fully saturated rings. The normalized spacial score (nSPS) is 12.0. The second-order valence-corrected chi connectivity index (χ2v) is 7.86. The van der Waals surface area contributed by atoms with E-state index in [1.807, 2.05) is 13.0 Å². The molecule has 3 aromatic rings. The molecule has 0 atom stereocenters. The van der Waals surface area contributed by atoms with E-state index in [-0.39, 0.29) is 0 Å². The van der Waals surface area contributed by atoms with Gasteiger partial charge in [-0.3, -0.25) is 4.57 Å². The van der Waals surface area contributed by atoms with Gasteiger partial charge in [0.1, 0.15) is 5.82 Å². The van der Waals surface area contributed by atoms with E-state index in [0.717, 1.165) is 29.9 Å². The number of aromatic nitrogens is 2. The third-order valence-corrected chi connectivity index (χ3v) is 5.18. The number of hydrogen-bond donors (Lipinski definition) is 1. The van der Waals surface area contributed by atoms with Gasteiger partial charge in [0.2, 0.25) is 0 Å². The van der Waals surface area contributed by atoms with Crippen molar-refractivity contribution >= 4 is 20.9 Å². The number of sulfone groups is 1. The van der Waals surface area contributed by atoms with Crippen molar-refractivity contribution in [1.29, 1.82) is 0 Å². The van der Waals surface area contributed by atoms with Crippen LogP contribution in [0, 0.1) is 0 Å². The van der Waals surface area contributed by atoms with Crippen LogP contribution in [-0.2, 0) is 22.7 Å². The van der Waals surface area contributed by atoms with Crippen molar-refractivity contribution in [3.8, 4) is 5.69 Å². The summed E-state index contributed by atoms with van der Waals surface area (Å²) in [5.74, 6) is 0.905. The molecule has 1 aromatic heterocycles. The standard InChI is InChI=1S/C18H21N3O2S/c1-3-18-20-16-12-15(24(2,22)23)8-9-17(16)21(18)14-6-4-13(5-7-14)10-11-19/h4-9,12H,3,10-11,19H2,1-2H3. The summed E-state index contributed by atoms with van der Waals surface area (Å²) in [4.78, 5) is 4.91. The highest BCUT2D eigenvalue weighted by Gasteiger charge is 2.14. The molecule has 5 nitrogen and oxygen atoms in total. The quantitative estimate of drug-likeness (QED) is 0.772. The summed E-state index contributed by atoms with van der Waals surface area (Å²) < 4.78 is 25.6. The number of imidazole rings is 1. The van der Waals surface area contributed by atoms with Crippen LogP contribution in [0.3, 0.4) is 0 Å². The zero-order chi connectivity index (χ0) is 17.3. The molecule has 0 saturated carbocycles. The largest absolute Gasteiger partial charge is 0.330 e. The molecule has 1 heterocycles. The molecule has 0 aliphatic heterocycles. The Labute approximate surface area is 142 Å². The first-order valence-electron chi connectivity index (χ1n) is 7.95. The fourth-order valence-corrected chi connectivity index (χ4v) is 3.49. The predicted molar refractivity (Wildman–Crippen MR) is 96.3 cm³/mol. The molecule has 0 bridgehead atoms. The van der Waals surface area contributed by atoms with Crippen LogP contribution in [0.4, 0.5) is 0 Å². The van der Waals surface area contributed by atoms with Crippen LogP contribution >= 0.6 is 0 Å². The number of rotatable bonds is 5. The Balaban J connectivity index is 2.16. The van der Waals surface area contributed by atoms with Crippen molar-refractivity contribution < 1.29 is 8.42 Å². The number of fused-ring (bicyclic) bond motifs is 1. The van der Waals surface area contributed by atoms with Gasteiger partial charge in [-0.2, -0.15) is 0 Å². The molecule has 0 spiro atoms. The van der Waals surface area contributed by atoms with Gasteiger partial charge < -0.3 is 5.73 Å². The topological polar surface area (TPSA) is 78.0 Å². The minimum atomic E-state index is -3.24. The molecule has 0 saturated heterocycles. The predicted octanol–water partition coefficient (Wildman–Crippen LogP) is 2.49. The van der Waals surface area contributed by atoms with Crippen LogP contribution in [-0.4, -0.2) is 30.8 Å². The van der Waals surface area contributed by atoms with Gasteiger partial charge in [-0.1, -0.05) is 19.1 Å². The number of benzene rings is 2. The number of nitrogens with zero attached hydrogens (tertiary/aromatic N) is 2. The Kier molecular flexibility index (Phi) is 4.43. The molecule has 126 valence electrons. The number of nitrogens with two attached hydrogens (primary N) is 1. The van der Waals surface area contributed by atoms with Gasteiger partial charge >= 0.3 is 0 Å². The lowest BCUT2D eigenvalue weighted by molar-refractivity contribution is 0.602. The van der Waals surface area contributed by atoms with E-state index in [1.54, 1.807) is 12.1 Å². The van der Waals surface area contributed by atoms with Gasteiger partial charge in [-0.05, 0) is 48.9 Å². The van der Waals surface area contributed by atoms with Gasteiger partial charge in [0.25, 0.3) is 0 Å². The summed E-state index contributed by atoms with van der Waals surface area (Å²) in [5.41, 5.74) is 9.41. The zero-order valence-corrected chi connectivity index (χ0v) is 14.7. The van der Waals surface area contributed by atoms with E-state index in [1.165, 1.54) is 11.8 Å². The Morgan fingerprint density at radius 1 is 1.12 bits per heavy atom. The number of hydrogen-bond acceptors (Lipinski definition) is 4. The Morgan fingerprint density at radius 3 is 2.42 bits per heavy atom. The highest BCUT2D eigenvalue weighted by atomic mass is 32.2. The smallest absolute Gasteiger partial charge is 0.175 e. The monoisotopic (exact) mass is 343 g/mol. The molecule has 0 aliphatic carbocycles. The zero-order valence-electron chi connectivity index (χ0n) is 13.9. The molecule has 6 heteroatoms. The summed E-state index contributed by atoms with van der Waals surface area (Å²) >= 11 is 0. The molecule has 2 aromatic carbocycles. The van der Waals surface area contributed by atoms with Crippen molar-refractivity contribution in [3.63, 3.8) is 0 Å². The Hall–Kier alpha value is -2.18. The molecule has 3 rings (SSSR count). The summed E-state index contributed by atoms with van der Waals surface area (Å²) in [6, 6.07) is 13.3.